The Morgan fingerprint density at radius 2 is 1.67 bits per heavy atom. The first-order valence-corrected chi connectivity index (χ1v) is 5.76. The molecular weight excluding hydrogens is 222 g/mol. The molecule has 2 rings (SSSR count). The van der Waals surface area contributed by atoms with Crippen molar-refractivity contribution in [2.75, 3.05) is 0 Å². The number of nitrogens with zero attached hydrogens (tertiary/aromatic N) is 2. The second-order valence-corrected chi connectivity index (χ2v) is 4.26. The lowest BCUT2D eigenvalue weighted by molar-refractivity contribution is 0.791. The molecule has 0 aliphatic carbocycles. The molecule has 1 atom stereocenters. The highest BCUT2D eigenvalue weighted by Crippen LogP contribution is 2.32. The van der Waals surface area contributed by atoms with E-state index in [-0.39, 0.29) is 5.92 Å². The predicted octanol–water partition coefficient (Wildman–Crippen LogP) is 2.96. The molecule has 18 heavy (non-hydrogen) atoms. The number of nitrogens with one attached hydrogen (secondary N) is 1. The van der Waals surface area contributed by atoms with Crippen molar-refractivity contribution in [1.29, 1.82) is 10.5 Å². The van der Waals surface area contributed by atoms with Gasteiger partial charge in [0.1, 0.15) is 0 Å². The normalized spacial score (nSPS) is 19.0. The zero-order chi connectivity index (χ0) is 13.1. The first-order chi connectivity index (χ1) is 8.69. The van der Waals surface area contributed by atoms with Gasteiger partial charge in [-0.25, -0.2) is 0 Å². The average Bonchev–Trinajstić information content (AvgIpc) is 2.39. The van der Waals surface area contributed by atoms with Crippen molar-refractivity contribution in [1.82, 2.24) is 5.32 Å². The zero-order valence-corrected chi connectivity index (χ0v) is 10.4. The summed E-state index contributed by atoms with van der Waals surface area (Å²) in [4.78, 5) is 0. The molecule has 0 radical (unpaired) electrons. The van der Waals surface area contributed by atoms with E-state index in [4.69, 9.17) is 5.26 Å². The van der Waals surface area contributed by atoms with Crippen LogP contribution < -0.4 is 5.32 Å². The van der Waals surface area contributed by atoms with Crippen LogP contribution in [0, 0.1) is 28.6 Å². The highest BCUT2D eigenvalue weighted by molar-refractivity contribution is 5.75. The molecule has 0 saturated carbocycles. The summed E-state index contributed by atoms with van der Waals surface area (Å²) in [5.41, 5.74) is 3.84. The largest absolute Gasteiger partial charge is 0.357 e. The van der Waals surface area contributed by atoms with Crippen LogP contribution in [0.4, 0.5) is 0 Å². The smallest absolute Gasteiger partial charge is 0.0975 e. The van der Waals surface area contributed by atoms with Crippen molar-refractivity contribution in [3.8, 4) is 12.1 Å². The van der Waals surface area contributed by atoms with E-state index in [1.807, 2.05) is 44.2 Å². The fourth-order valence-corrected chi connectivity index (χ4v) is 2.17. The van der Waals surface area contributed by atoms with Crippen LogP contribution in [0.25, 0.3) is 5.70 Å². The van der Waals surface area contributed by atoms with E-state index >= 15 is 0 Å². The summed E-state index contributed by atoms with van der Waals surface area (Å²) in [5, 5.41) is 21.6. The molecule has 1 N–H and O–H groups in total. The molecule has 1 aromatic rings. The quantitative estimate of drug-likeness (QED) is 0.814. The lowest BCUT2D eigenvalue weighted by Gasteiger charge is -2.25. The van der Waals surface area contributed by atoms with Crippen LogP contribution >= 0.6 is 0 Å². The Morgan fingerprint density at radius 3 is 2.22 bits per heavy atom. The SMILES string of the molecule is CC1=C(C#N)[C@@H](C)C(C#N)=C(c2ccccc2)N1. The van der Waals surface area contributed by atoms with Crippen molar-refractivity contribution >= 4 is 5.70 Å². The molecule has 88 valence electrons. The lowest BCUT2D eigenvalue weighted by atomic mass is 9.86. The standard InChI is InChI=1S/C15H13N3/c1-10-13(8-16)11(2)18-15(14(10)9-17)12-6-4-3-5-7-12/h3-7,10,18H,1-2H3/t10-/m1/s1. The van der Waals surface area contributed by atoms with Crippen LogP contribution in [0.1, 0.15) is 19.4 Å². The van der Waals surface area contributed by atoms with Crippen molar-refractivity contribution in [3.63, 3.8) is 0 Å². The third-order valence-electron chi connectivity index (χ3n) is 3.16. The van der Waals surface area contributed by atoms with E-state index < -0.39 is 0 Å². The first-order valence-electron chi connectivity index (χ1n) is 5.76. The first kappa shape index (κ1) is 12.0. The van der Waals surface area contributed by atoms with E-state index in [0.29, 0.717) is 11.1 Å². The summed E-state index contributed by atoms with van der Waals surface area (Å²) in [6, 6.07) is 14.1. The Kier molecular flexibility index (Phi) is 3.17. The van der Waals surface area contributed by atoms with Gasteiger partial charge in [-0.05, 0) is 12.5 Å². The Balaban J connectivity index is 2.55. The molecule has 1 aliphatic heterocycles. The van der Waals surface area contributed by atoms with Crippen LogP contribution in [0.5, 0.6) is 0 Å². The Hall–Kier alpha value is -2.52. The fourth-order valence-electron chi connectivity index (χ4n) is 2.17. The molecule has 0 fully saturated rings. The van der Waals surface area contributed by atoms with Crippen molar-refractivity contribution in [2.24, 2.45) is 5.92 Å². The molecule has 1 heterocycles. The molecule has 1 aromatic carbocycles. The van der Waals surface area contributed by atoms with Gasteiger partial charge in [-0.15, -0.1) is 0 Å². The Morgan fingerprint density at radius 1 is 1.06 bits per heavy atom. The number of hydrogen-bond acceptors (Lipinski definition) is 3. The van der Waals surface area contributed by atoms with Gasteiger partial charge in [0.05, 0.1) is 29.0 Å². The minimum Gasteiger partial charge on any atom is -0.357 e. The van der Waals surface area contributed by atoms with Crippen molar-refractivity contribution in [2.45, 2.75) is 13.8 Å². The molecule has 0 amide bonds. The lowest BCUT2D eigenvalue weighted by Crippen LogP contribution is -2.23. The van der Waals surface area contributed by atoms with Crippen LogP contribution in [0.2, 0.25) is 0 Å². The number of benzene rings is 1. The minimum atomic E-state index is -0.156. The second-order valence-electron chi connectivity index (χ2n) is 4.26. The fraction of sp³-hybridized carbons (Fsp3) is 0.200. The summed E-state index contributed by atoms with van der Waals surface area (Å²) in [7, 11) is 0. The van der Waals surface area contributed by atoms with E-state index in [9.17, 15) is 5.26 Å². The van der Waals surface area contributed by atoms with Gasteiger partial charge in [0.25, 0.3) is 0 Å². The van der Waals surface area contributed by atoms with Gasteiger partial charge in [0.2, 0.25) is 0 Å². The zero-order valence-electron chi connectivity index (χ0n) is 10.4. The van der Waals surface area contributed by atoms with Crippen LogP contribution in [-0.4, -0.2) is 0 Å². The summed E-state index contributed by atoms with van der Waals surface area (Å²) in [5.74, 6) is -0.156. The molecule has 0 unspecified atom stereocenters. The number of rotatable bonds is 1. The number of hydrogen-bond donors (Lipinski definition) is 1. The van der Waals surface area contributed by atoms with Gasteiger partial charge < -0.3 is 5.32 Å². The molecule has 0 bridgehead atoms. The molecule has 0 aromatic heterocycles. The summed E-state index contributed by atoms with van der Waals surface area (Å²) in [6.45, 7) is 3.76. The van der Waals surface area contributed by atoms with E-state index in [0.717, 1.165) is 17.0 Å². The van der Waals surface area contributed by atoms with E-state index in [1.54, 1.807) is 0 Å². The number of dihydropyridines is 1. The van der Waals surface area contributed by atoms with Gasteiger partial charge in [0.15, 0.2) is 0 Å². The maximum Gasteiger partial charge on any atom is 0.0975 e. The maximum atomic E-state index is 9.31. The van der Waals surface area contributed by atoms with E-state index in [1.165, 1.54) is 0 Å². The average molecular weight is 235 g/mol. The van der Waals surface area contributed by atoms with Crippen LogP contribution in [-0.2, 0) is 0 Å². The number of nitriles is 2. The van der Waals surface area contributed by atoms with Gasteiger partial charge in [-0.1, -0.05) is 37.3 Å². The Bertz CT molecular complexity index is 609. The third-order valence-corrected chi connectivity index (χ3v) is 3.16. The Labute approximate surface area is 107 Å². The summed E-state index contributed by atoms with van der Waals surface area (Å²) in [6.07, 6.45) is 0. The highest BCUT2D eigenvalue weighted by Gasteiger charge is 2.26. The molecular formula is C15H13N3. The molecule has 1 aliphatic rings. The summed E-state index contributed by atoms with van der Waals surface area (Å²) < 4.78 is 0. The minimum absolute atomic E-state index is 0.156. The summed E-state index contributed by atoms with van der Waals surface area (Å²) >= 11 is 0. The maximum absolute atomic E-state index is 9.31. The molecule has 0 spiro atoms. The molecule has 3 heteroatoms. The topological polar surface area (TPSA) is 59.6 Å². The van der Waals surface area contributed by atoms with Crippen molar-refractivity contribution < 1.29 is 0 Å². The van der Waals surface area contributed by atoms with Crippen LogP contribution in [0.3, 0.4) is 0 Å². The van der Waals surface area contributed by atoms with Gasteiger partial charge in [-0.3, -0.25) is 0 Å². The van der Waals surface area contributed by atoms with E-state index in [2.05, 4.69) is 17.5 Å². The highest BCUT2D eigenvalue weighted by atomic mass is 14.9. The predicted molar refractivity (Wildman–Crippen MR) is 69.6 cm³/mol. The van der Waals surface area contributed by atoms with Gasteiger partial charge in [-0.2, -0.15) is 10.5 Å². The van der Waals surface area contributed by atoms with Crippen LogP contribution in [0.15, 0.2) is 47.2 Å². The number of allylic oxidation sites excluding steroid dienone is 3. The monoisotopic (exact) mass is 235 g/mol. The molecule has 0 saturated heterocycles. The third kappa shape index (κ3) is 1.87. The van der Waals surface area contributed by atoms with Gasteiger partial charge in [0, 0.05) is 11.6 Å². The van der Waals surface area contributed by atoms with Crippen molar-refractivity contribution in [3.05, 3.63) is 52.7 Å². The van der Waals surface area contributed by atoms with Gasteiger partial charge >= 0.3 is 0 Å². The second kappa shape index (κ2) is 4.77. The molecule has 3 nitrogen and oxygen atoms in total.